The number of nitrogens with one attached hydrogen (secondary N) is 3. The summed E-state index contributed by atoms with van der Waals surface area (Å²) in [5.41, 5.74) is 6.18. The number of hydrogen-bond acceptors (Lipinski definition) is 3. The van der Waals surface area contributed by atoms with Gasteiger partial charge in [-0.2, -0.15) is 0 Å². The van der Waals surface area contributed by atoms with Gasteiger partial charge in [-0.05, 0) is 12.3 Å². The van der Waals surface area contributed by atoms with Gasteiger partial charge in [-0.3, -0.25) is 5.43 Å². The Balaban J connectivity index is 2.13. The molecule has 3 nitrogen and oxygen atoms in total. The third-order valence-corrected chi connectivity index (χ3v) is 1.64. The molecule has 2 unspecified atom stereocenters. The second-order valence-electron chi connectivity index (χ2n) is 2.18. The minimum atomic E-state index is 0.523. The number of rotatable bonds is 0. The van der Waals surface area contributed by atoms with Gasteiger partial charge in [-0.15, -0.1) is 0 Å². The molecule has 44 valence electrons. The first kappa shape index (κ1) is 4.35. The maximum atomic E-state index is 3.21. The van der Waals surface area contributed by atoms with Gasteiger partial charge >= 0.3 is 0 Å². The Hall–Kier alpha value is -0.540. The maximum Gasteiger partial charge on any atom is 0.0624 e. The van der Waals surface area contributed by atoms with E-state index in [0.29, 0.717) is 12.1 Å². The fourth-order valence-electron chi connectivity index (χ4n) is 1.14. The summed E-state index contributed by atoms with van der Waals surface area (Å²) >= 11 is 0. The third-order valence-electron chi connectivity index (χ3n) is 1.64. The Morgan fingerprint density at radius 3 is 3.38 bits per heavy atom. The summed E-state index contributed by atoms with van der Waals surface area (Å²) in [5, 5.41) is 3.21. The molecule has 0 radical (unpaired) electrons. The van der Waals surface area contributed by atoms with Crippen molar-refractivity contribution in [3.05, 3.63) is 12.3 Å². The molecule has 8 heavy (non-hydrogen) atoms. The highest BCUT2D eigenvalue weighted by Crippen LogP contribution is 2.04. The largest absolute Gasteiger partial charge is 0.385 e. The standard InChI is InChI=1S/C5H9N3/c1-2-6-5-3-7-8-4(1)5/h1-2,4-8H,3H2. The summed E-state index contributed by atoms with van der Waals surface area (Å²) in [7, 11) is 0. The lowest BCUT2D eigenvalue weighted by molar-refractivity contribution is 0.610. The van der Waals surface area contributed by atoms with E-state index in [0.717, 1.165) is 6.54 Å². The molecule has 0 bridgehead atoms. The van der Waals surface area contributed by atoms with Crippen LogP contribution in [0.25, 0.3) is 0 Å². The summed E-state index contributed by atoms with van der Waals surface area (Å²) in [6.45, 7) is 1.03. The predicted octanol–water partition coefficient (Wildman–Crippen LogP) is -1.05. The van der Waals surface area contributed by atoms with Crippen molar-refractivity contribution in [3.63, 3.8) is 0 Å². The van der Waals surface area contributed by atoms with Gasteiger partial charge in [0.25, 0.3) is 0 Å². The lowest BCUT2D eigenvalue weighted by atomic mass is 10.2. The zero-order valence-corrected chi connectivity index (χ0v) is 4.52. The molecule has 0 aromatic rings. The Bertz CT molecular complexity index is 121. The third kappa shape index (κ3) is 0.454. The fraction of sp³-hybridized carbons (Fsp3) is 0.600. The van der Waals surface area contributed by atoms with Crippen LogP contribution >= 0.6 is 0 Å². The minimum Gasteiger partial charge on any atom is -0.385 e. The molecule has 2 atom stereocenters. The zero-order valence-electron chi connectivity index (χ0n) is 4.52. The average molecular weight is 111 g/mol. The Labute approximate surface area is 48.1 Å². The van der Waals surface area contributed by atoms with Crippen LogP contribution in [0.3, 0.4) is 0 Å². The van der Waals surface area contributed by atoms with Crippen molar-refractivity contribution in [1.82, 2.24) is 16.2 Å². The Morgan fingerprint density at radius 2 is 2.50 bits per heavy atom. The van der Waals surface area contributed by atoms with Crippen LogP contribution in [0.15, 0.2) is 12.3 Å². The molecule has 0 aromatic carbocycles. The Morgan fingerprint density at radius 1 is 1.50 bits per heavy atom. The molecule has 2 aliphatic heterocycles. The number of hydrazine groups is 1. The van der Waals surface area contributed by atoms with Crippen molar-refractivity contribution in [2.75, 3.05) is 6.54 Å². The quantitative estimate of drug-likeness (QED) is 0.373. The van der Waals surface area contributed by atoms with Gasteiger partial charge in [-0.25, -0.2) is 5.43 Å². The van der Waals surface area contributed by atoms with Gasteiger partial charge in [0, 0.05) is 6.54 Å². The van der Waals surface area contributed by atoms with Crippen molar-refractivity contribution in [2.24, 2.45) is 0 Å². The molecule has 0 aliphatic carbocycles. The topological polar surface area (TPSA) is 36.1 Å². The first-order chi connectivity index (χ1) is 3.97. The second kappa shape index (κ2) is 1.47. The molecular weight excluding hydrogens is 102 g/mol. The summed E-state index contributed by atoms with van der Waals surface area (Å²) in [6, 6.07) is 1.12. The molecule has 0 spiro atoms. The summed E-state index contributed by atoms with van der Waals surface area (Å²) in [6.07, 6.45) is 4.13. The smallest absolute Gasteiger partial charge is 0.0624 e. The van der Waals surface area contributed by atoms with E-state index in [-0.39, 0.29) is 0 Å². The average Bonchev–Trinajstić information content (AvgIpc) is 2.15. The van der Waals surface area contributed by atoms with Crippen LogP contribution in [0, 0.1) is 0 Å². The van der Waals surface area contributed by atoms with Crippen molar-refractivity contribution in [2.45, 2.75) is 12.1 Å². The molecule has 1 saturated heterocycles. The van der Waals surface area contributed by atoms with Crippen LogP contribution < -0.4 is 16.2 Å². The molecule has 3 N–H and O–H groups in total. The van der Waals surface area contributed by atoms with E-state index >= 15 is 0 Å². The molecule has 2 rings (SSSR count). The predicted molar refractivity (Wildman–Crippen MR) is 31.0 cm³/mol. The molecule has 0 aromatic heterocycles. The van der Waals surface area contributed by atoms with Crippen molar-refractivity contribution in [3.8, 4) is 0 Å². The van der Waals surface area contributed by atoms with E-state index in [1.54, 1.807) is 0 Å². The van der Waals surface area contributed by atoms with E-state index in [2.05, 4.69) is 22.2 Å². The van der Waals surface area contributed by atoms with Crippen LogP contribution in [-0.4, -0.2) is 18.6 Å². The van der Waals surface area contributed by atoms with Gasteiger partial charge in [0.2, 0.25) is 0 Å². The molecular formula is C5H9N3. The van der Waals surface area contributed by atoms with Crippen LogP contribution in [-0.2, 0) is 0 Å². The van der Waals surface area contributed by atoms with E-state index in [1.165, 1.54) is 0 Å². The van der Waals surface area contributed by atoms with Gasteiger partial charge in [0.15, 0.2) is 0 Å². The lowest BCUT2D eigenvalue weighted by Crippen LogP contribution is -2.32. The van der Waals surface area contributed by atoms with Crippen molar-refractivity contribution < 1.29 is 0 Å². The maximum absolute atomic E-state index is 3.21. The number of fused-ring (bicyclic) bond motifs is 1. The first-order valence-electron chi connectivity index (χ1n) is 2.88. The van der Waals surface area contributed by atoms with E-state index in [9.17, 15) is 0 Å². The lowest BCUT2D eigenvalue weighted by Gasteiger charge is -2.04. The molecule has 2 heterocycles. The molecule has 3 heteroatoms. The van der Waals surface area contributed by atoms with Crippen LogP contribution in [0.5, 0.6) is 0 Å². The normalized spacial score (nSPS) is 42.0. The van der Waals surface area contributed by atoms with E-state index in [1.807, 2.05) is 6.20 Å². The summed E-state index contributed by atoms with van der Waals surface area (Å²) in [5.74, 6) is 0. The Kier molecular flexibility index (Phi) is 0.797. The summed E-state index contributed by atoms with van der Waals surface area (Å²) < 4.78 is 0. The monoisotopic (exact) mass is 111 g/mol. The molecule has 0 amide bonds. The molecule has 1 fully saturated rings. The molecule has 2 aliphatic rings. The van der Waals surface area contributed by atoms with Crippen molar-refractivity contribution >= 4 is 0 Å². The number of hydrogen-bond donors (Lipinski definition) is 3. The zero-order chi connectivity index (χ0) is 5.40. The van der Waals surface area contributed by atoms with Crippen molar-refractivity contribution in [1.29, 1.82) is 0 Å². The van der Waals surface area contributed by atoms with E-state index < -0.39 is 0 Å². The van der Waals surface area contributed by atoms with Crippen LogP contribution in [0.1, 0.15) is 0 Å². The highest BCUT2D eigenvalue weighted by molar-refractivity contribution is 5.09. The van der Waals surface area contributed by atoms with Crippen LogP contribution in [0.4, 0.5) is 0 Å². The van der Waals surface area contributed by atoms with E-state index in [4.69, 9.17) is 0 Å². The fourth-order valence-corrected chi connectivity index (χ4v) is 1.14. The SMILES string of the molecule is C1=CC2NNCC2N1. The molecule has 0 saturated carbocycles. The van der Waals surface area contributed by atoms with Crippen LogP contribution in [0.2, 0.25) is 0 Å². The first-order valence-corrected chi connectivity index (χ1v) is 2.88. The van der Waals surface area contributed by atoms with Gasteiger partial charge in [0.1, 0.15) is 0 Å². The minimum absolute atomic E-state index is 0.523. The highest BCUT2D eigenvalue weighted by atomic mass is 15.4. The highest BCUT2D eigenvalue weighted by Gasteiger charge is 2.26. The van der Waals surface area contributed by atoms with Gasteiger partial charge in [-0.1, -0.05) is 0 Å². The second-order valence-corrected chi connectivity index (χ2v) is 2.18. The summed E-state index contributed by atoms with van der Waals surface area (Å²) in [4.78, 5) is 0. The van der Waals surface area contributed by atoms with Gasteiger partial charge < -0.3 is 5.32 Å². The van der Waals surface area contributed by atoms with Gasteiger partial charge in [0.05, 0.1) is 12.1 Å².